The predicted molar refractivity (Wildman–Crippen MR) is 85.3 cm³/mol. The molecule has 3 rings (SSSR count). The number of piperazine rings is 1. The summed E-state index contributed by atoms with van der Waals surface area (Å²) < 4.78 is 7.02. The maximum atomic E-state index is 5.85. The fourth-order valence-electron chi connectivity index (χ4n) is 3.17. The SMILES string of the molecule is CCC1CN(Cc2cc(Br)cc3c2OCC3)C(C)CN1. The topological polar surface area (TPSA) is 24.5 Å². The molecule has 0 radical (unpaired) electrons. The summed E-state index contributed by atoms with van der Waals surface area (Å²) in [4.78, 5) is 2.58. The Labute approximate surface area is 129 Å². The van der Waals surface area contributed by atoms with Crippen LogP contribution in [0.1, 0.15) is 31.4 Å². The van der Waals surface area contributed by atoms with Crippen LogP contribution in [0.4, 0.5) is 0 Å². The van der Waals surface area contributed by atoms with Crippen molar-refractivity contribution in [3.63, 3.8) is 0 Å². The molecule has 0 aromatic heterocycles. The maximum absolute atomic E-state index is 5.85. The molecule has 2 aliphatic rings. The average molecular weight is 339 g/mol. The number of hydrogen-bond donors (Lipinski definition) is 1. The van der Waals surface area contributed by atoms with Crippen LogP contribution in [0.25, 0.3) is 0 Å². The van der Waals surface area contributed by atoms with Crippen LogP contribution in [0.2, 0.25) is 0 Å². The van der Waals surface area contributed by atoms with Crippen molar-refractivity contribution < 1.29 is 4.74 Å². The molecule has 1 aromatic carbocycles. The summed E-state index contributed by atoms with van der Waals surface area (Å²) in [7, 11) is 0. The zero-order chi connectivity index (χ0) is 14.1. The summed E-state index contributed by atoms with van der Waals surface area (Å²) in [5, 5.41) is 3.62. The fraction of sp³-hybridized carbons (Fsp3) is 0.625. The third-order valence-corrected chi connectivity index (χ3v) is 4.93. The fourth-order valence-corrected chi connectivity index (χ4v) is 3.72. The van der Waals surface area contributed by atoms with E-state index in [0.29, 0.717) is 12.1 Å². The molecule has 0 bridgehead atoms. The molecule has 4 heteroatoms. The van der Waals surface area contributed by atoms with Crippen LogP contribution in [0.3, 0.4) is 0 Å². The third kappa shape index (κ3) is 2.87. The van der Waals surface area contributed by atoms with Crippen LogP contribution < -0.4 is 10.1 Å². The molecular formula is C16H23BrN2O. The number of ether oxygens (including phenoxy) is 1. The van der Waals surface area contributed by atoms with Gasteiger partial charge in [-0.25, -0.2) is 0 Å². The first kappa shape index (κ1) is 14.4. The molecule has 0 aliphatic carbocycles. The van der Waals surface area contributed by atoms with Crippen molar-refractivity contribution in [2.75, 3.05) is 19.7 Å². The zero-order valence-corrected chi connectivity index (χ0v) is 13.9. The lowest BCUT2D eigenvalue weighted by Crippen LogP contribution is -2.54. The van der Waals surface area contributed by atoms with E-state index >= 15 is 0 Å². The Morgan fingerprint density at radius 1 is 1.45 bits per heavy atom. The Morgan fingerprint density at radius 2 is 2.30 bits per heavy atom. The third-order valence-electron chi connectivity index (χ3n) is 4.47. The second-order valence-corrected chi connectivity index (χ2v) is 6.86. The summed E-state index contributed by atoms with van der Waals surface area (Å²) >= 11 is 3.63. The van der Waals surface area contributed by atoms with Gasteiger partial charge in [-0.05, 0) is 31.0 Å². The molecule has 0 amide bonds. The zero-order valence-electron chi connectivity index (χ0n) is 12.3. The molecule has 3 nitrogen and oxygen atoms in total. The van der Waals surface area contributed by atoms with E-state index < -0.39 is 0 Å². The predicted octanol–water partition coefficient (Wildman–Crippen LogP) is 2.96. The molecule has 2 unspecified atom stereocenters. The number of halogens is 1. The van der Waals surface area contributed by atoms with E-state index in [2.05, 4.69) is 52.1 Å². The molecule has 20 heavy (non-hydrogen) atoms. The minimum Gasteiger partial charge on any atom is -0.493 e. The van der Waals surface area contributed by atoms with Gasteiger partial charge in [0.1, 0.15) is 5.75 Å². The first-order valence-electron chi connectivity index (χ1n) is 7.59. The Morgan fingerprint density at radius 3 is 3.10 bits per heavy atom. The number of rotatable bonds is 3. The van der Waals surface area contributed by atoms with Crippen molar-refractivity contribution in [3.8, 4) is 5.75 Å². The van der Waals surface area contributed by atoms with Crippen LogP contribution in [0.15, 0.2) is 16.6 Å². The van der Waals surface area contributed by atoms with Gasteiger partial charge in [-0.2, -0.15) is 0 Å². The van der Waals surface area contributed by atoms with E-state index in [1.807, 2.05) is 0 Å². The summed E-state index contributed by atoms with van der Waals surface area (Å²) in [5.41, 5.74) is 2.68. The maximum Gasteiger partial charge on any atom is 0.127 e. The number of fused-ring (bicyclic) bond motifs is 1. The van der Waals surface area contributed by atoms with Crippen LogP contribution in [-0.2, 0) is 13.0 Å². The van der Waals surface area contributed by atoms with Gasteiger partial charge >= 0.3 is 0 Å². The van der Waals surface area contributed by atoms with E-state index in [1.54, 1.807) is 0 Å². The summed E-state index contributed by atoms with van der Waals surface area (Å²) in [6.45, 7) is 8.58. The first-order chi connectivity index (χ1) is 9.67. The minimum atomic E-state index is 0.578. The van der Waals surface area contributed by atoms with Crippen LogP contribution in [0.5, 0.6) is 5.75 Å². The molecule has 0 saturated carbocycles. The van der Waals surface area contributed by atoms with E-state index in [0.717, 1.165) is 38.4 Å². The highest BCUT2D eigenvalue weighted by Crippen LogP contribution is 2.34. The van der Waals surface area contributed by atoms with Crippen LogP contribution in [-0.4, -0.2) is 36.7 Å². The average Bonchev–Trinajstić information content (AvgIpc) is 2.89. The number of hydrogen-bond acceptors (Lipinski definition) is 3. The van der Waals surface area contributed by atoms with Crippen molar-refractivity contribution in [3.05, 3.63) is 27.7 Å². The van der Waals surface area contributed by atoms with Crippen molar-refractivity contribution in [2.24, 2.45) is 0 Å². The Hall–Kier alpha value is -0.580. The Bertz CT molecular complexity index is 492. The molecule has 2 atom stereocenters. The van der Waals surface area contributed by atoms with E-state index in [4.69, 9.17) is 4.74 Å². The number of benzene rings is 1. The van der Waals surface area contributed by atoms with Crippen molar-refractivity contribution in [1.82, 2.24) is 10.2 Å². The van der Waals surface area contributed by atoms with E-state index in [-0.39, 0.29) is 0 Å². The van der Waals surface area contributed by atoms with Gasteiger partial charge in [0.25, 0.3) is 0 Å². The number of nitrogens with zero attached hydrogens (tertiary/aromatic N) is 1. The molecule has 1 aromatic rings. The molecule has 0 spiro atoms. The van der Waals surface area contributed by atoms with Gasteiger partial charge in [0.05, 0.1) is 6.61 Å². The van der Waals surface area contributed by atoms with Gasteiger partial charge in [-0.15, -0.1) is 0 Å². The normalized spacial score (nSPS) is 26.4. The molecule has 110 valence electrons. The minimum absolute atomic E-state index is 0.578. The number of nitrogens with one attached hydrogen (secondary N) is 1. The highest BCUT2D eigenvalue weighted by Gasteiger charge is 2.26. The van der Waals surface area contributed by atoms with Gasteiger partial charge in [0.2, 0.25) is 0 Å². The van der Waals surface area contributed by atoms with Gasteiger partial charge in [0.15, 0.2) is 0 Å². The standard InChI is InChI=1S/C16H23BrN2O/c1-3-15-10-19(11(2)8-18-15)9-13-7-14(17)6-12-4-5-20-16(12)13/h6-7,11,15,18H,3-5,8-10H2,1-2H3. The quantitative estimate of drug-likeness (QED) is 0.916. The molecule has 1 fully saturated rings. The first-order valence-corrected chi connectivity index (χ1v) is 8.38. The smallest absolute Gasteiger partial charge is 0.127 e. The lowest BCUT2D eigenvalue weighted by Gasteiger charge is -2.38. The Kier molecular flexibility index (Phi) is 4.34. The van der Waals surface area contributed by atoms with Gasteiger partial charge in [0, 0.05) is 48.2 Å². The van der Waals surface area contributed by atoms with Gasteiger partial charge < -0.3 is 10.1 Å². The second-order valence-electron chi connectivity index (χ2n) is 5.94. The van der Waals surface area contributed by atoms with Crippen molar-refractivity contribution in [2.45, 2.75) is 45.3 Å². The highest BCUT2D eigenvalue weighted by atomic mass is 79.9. The van der Waals surface area contributed by atoms with Gasteiger partial charge in [-0.3, -0.25) is 4.90 Å². The summed E-state index contributed by atoms with van der Waals surface area (Å²) in [6, 6.07) is 5.61. The van der Waals surface area contributed by atoms with Crippen molar-refractivity contribution in [1.29, 1.82) is 0 Å². The lowest BCUT2D eigenvalue weighted by molar-refractivity contribution is 0.130. The van der Waals surface area contributed by atoms with Crippen LogP contribution >= 0.6 is 15.9 Å². The van der Waals surface area contributed by atoms with E-state index in [1.165, 1.54) is 22.0 Å². The van der Waals surface area contributed by atoms with Gasteiger partial charge in [-0.1, -0.05) is 22.9 Å². The molecule has 1 saturated heterocycles. The van der Waals surface area contributed by atoms with E-state index in [9.17, 15) is 0 Å². The van der Waals surface area contributed by atoms with Crippen LogP contribution in [0, 0.1) is 0 Å². The lowest BCUT2D eigenvalue weighted by atomic mass is 10.0. The molecule has 2 heterocycles. The largest absolute Gasteiger partial charge is 0.493 e. The Balaban J connectivity index is 1.80. The summed E-state index contributed by atoms with van der Waals surface area (Å²) in [5.74, 6) is 1.13. The molecule has 1 N–H and O–H groups in total. The highest BCUT2D eigenvalue weighted by molar-refractivity contribution is 9.10. The summed E-state index contributed by atoms with van der Waals surface area (Å²) in [6.07, 6.45) is 2.23. The molecule has 2 aliphatic heterocycles. The monoisotopic (exact) mass is 338 g/mol. The second kappa shape index (κ2) is 6.04. The van der Waals surface area contributed by atoms with Crippen molar-refractivity contribution >= 4 is 15.9 Å². The molecular weight excluding hydrogens is 316 g/mol.